The van der Waals surface area contributed by atoms with E-state index in [0.29, 0.717) is 0 Å². The Morgan fingerprint density at radius 2 is 2.14 bits per heavy atom. The average molecular weight is 226 g/mol. The van der Waals surface area contributed by atoms with Gasteiger partial charge in [0.1, 0.15) is 5.15 Å². The fourth-order valence-electron chi connectivity index (χ4n) is 1.05. The first-order valence-corrected chi connectivity index (χ1v) is 4.04. The molecular weight excluding hydrogens is 219 g/mol. The molecule has 0 aliphatic carbocycles. The lowest BCUT2D eigenvalue weighted by atomic mass is 10.1. The minimum atomic E-state index is -4.50. The van der Waals surface area contributed by atoms with Crippen molar-refractivity contribution in [1.29, 1.82) is 0 Å². The van der Waals surface area contributed by atoms with Crippen molar-refractivity contribution in [3.63, 3.8) is 0 Å². The largest absolute Gasteiger partial charge is 0.419 e. The Morgan fingerprint density at radius 1 is 1.50 bits per heavy atom. The van der Waals surface area contributed by atoms with Crippen molar-refractivity contribution in [1.82, 2.24) is 4.98 Å². The number of nitrogens with zero attached hydrogens (tertiary/aromatic N) is 1. The Bertz CT molecular complexity index is 327. The first-order valence-electron chi connectivity index (χ1n) is 3.66. The van der Waals surface area contributed by atoms with Gasteiger partial charge in [0.15, 0.2) is 0 Å². The third kappa shape index (κ3) is 2.36. The van der Waals surface area contributed by atoms with Crippen molar-refractivity contribution in [3.05, 3.63) is 28.5 Å². The molecule has 6 heteroatoms. The van der Waals surface area contributed by atoms with E-state index in [1.54, 1.807) is 0 Å². The van der Waals surface area contributed by atoms with Crippen LogP contribution in [0.3, 0.4) is 0 Å². The smallest absolute Gasteiger partial charge is 0.380 e. The number of rotatable bonds is 2. The van der Waals surface area contributed by atoms with Crippen molar-refractivity contribution in [2.75, 3.05) is 7.11 Å². The van der Waals surface area contributed by atoms with E-state index in [2.05, 4.69) is 9.72 Å². The Kier molecular flexibility index (Phi) is 3.34. The third-order valence-electron chi connectivity index (χ3n) is 1.57. The van der Waals surface area contributed by atoms with E-state index in [1.807, 2.05) is 0 Å². The number of halogens is 4. The number of alkyl halides is 3. The second-order valence-corrected chi connectivity index (χ2v) is 2.92. The minimum absolute atomic E-state index is 0.0139. The fraction of sp³-hybridized carbons (Fsp3) is 0.375. The summed E-state index contributed by atoms with van der Waals surface area (Å²) in [5.41, 5.74) is -0.941. The topological polar surface area (TPSA) is 22.1 Å². The van der Waals surface area contributed by atoms with Gasteiger partial charge in [-0.3, -0.25) is 0 Å². The molecular formula is C8H7ClF3NO. The lowest BCUT2D eigenvalue weighted by Crippen LogP contribution is -2.11. The lowest BCUT2D eigenvalue weighted by Gasteiger charge is -2.12. The van der Waals surface area contributed by atoms with Crippen LogP contribution in [0.15, 0.2) is 12.3 Å². The van der Waals surface area contributed by atoms with E-state index in [-0.39, 0.29) is 12.2 Å². The van der Waals surface area contributed by atoms with Gasteiger partial charge in [-0.2, -0.15) is 13.2 Å². The number of hydrogen-bond acceptors (Lipinski definition) is 2. The summed E-state index contributed by atoms with van der Waals surface area (Å²) < 4.78 is 42.0. The number of pyridine rings is 1. The average Bonchev–Trinajstić information content (AvgIpc) is 2.02. The second-order valence-electron chi connectivity index (χ2n) is 2.57. The standard InChI is InChI=1S/C8H7ClF3NO/c1-14-4-5-2-3-13-7(9)6(5)8(10,11)12/h2-3H,4H2,1H3. The molecule has 0 aliphatic rings. The second kappa shape index (κ2) is 4.14. The van der Waals surface area contributed by atoms with Gasteiger partial charge in [-0.25, -0.2) is 4.98 Å². The summed E-state index contributed by atoms with van der Waals surface area (Å²) in [6, 6.07) is 1.23. The van der Waals surface area contributed by atoms with E-state index in [9.17, 15) is 13.2 Å². The van der Waals surface area contributed by atoms with Crippen LogP contribution in [0.4, 0.5) is 13.2 Å². The molecule has 1 aromatic rings. The van der Waals surface area contributed by atoms with Crippen LogP contribution in [-0.4, -0.2) is 12.1 Å². The molecule has 1 aromatic heterocycles. The van der Waals surface area contributed by atoms with E-state index in [1.165, 1.54) is 19.4 Å². The molecule has 0 bridgehead atoms. The zero-order valence-corrected chi connectivity index (χ0v) is 7.99. The highest BCUT2D eigenvalue weighted by atomic mass is 35.5. The van der Waals surface area contributed by atoms with Crippen LogP contribution in [-0.2, 0) is 17.5 Å². The summed E-state index contributed by atoms with van der Waals surface area (Å²) in [6.07, 6.45) is -3.29. The Labute approximate surface area is 83.7 Å². The Hall–Kier alpha value is -0.810. The summed E-state index contributed by atoms with van der Waals surface area (Å²) in [7, 11) is 1.31. The zero-order chi connectivity index (χ0) is 10.8. The van der Waals surface area contributed by atoms with Crippen LogP contribution in [0.25, 0.3) is 0 Å². The normalized spacial score (nSPS) is 11.8. The minimum Gasteiger partial charge on any atom is -0.380 e. The SMILES string of the molecule is COCc1ccnc(Cl)c1C(F)(F)F. The summed E-state index contributed by atoms with van der Waals surface area (Å²) in [6.45, 7) is -0.142. The van der Waals surface area contributed by atoms with Gasteiger partial charge in [0, 0.05) is 13.3 Å². The van der Waals surface area contributed by atoms with Crippen LogP contribution >= 0.6 is 11.6 Å². The van der Waals surface area contributed by atoms with Gasteiger partial charge in [-0.1, -0.05) is 11.6 Å². The van der Waals surface area contributed by atoms with Crippen LogP contribution in [0.2, 0.25) is 5.15 Å². The first kappa shape index (κ1) is 11.3. The number of ether oxygens (including phenoxy) is 1. The van der Waals surface area contributed by atoms with Gasteiger partial charge in [0.05, 0.1) is 12.2 Å². The maximum Gasteiger partial charge on any atom is 0.419 e. The number of aromatic nitrogens is 1. The first-order chi connectivity index (χ1) is 6.46. The maximum absolute atomic E-state index is 12.5. The van der Waals surface area contributed by atoms with E-state index in [4.69, 9.17) is 11.6 Å². The highest BCUT2D eigenvalue weighted by Gasteiger charge is 2.36. The predicted molar refractivity (Wildman–Crippen MR) is 45.0 cm³/mol. The van der Waals surface area contributed by atoms with Crippen LogP contribution in [0.1, 0.15) is 11.1 Å². The molecule has 0 radical (unpaired) electrons. The van der Waals surface area contributed by atoms with Gasteiger partial charge in [-0.15, -0.1) is 0 Å². The summed E-state index contributed by atoms with van der Waals surface area (Å²) >= 11 is 5.36. The van der Waals surface area contributed by atoms with E-state index < -0.39 is 16.9 Å². The summed E-state index contributed by atoms with van der Waals surface area (Å²) in [4.78, 5) is 3.38. The maximum atomic E-state index is 12.5. The lowest BCUT2D eigenvalue weighted by molar-refractivity contribution is -0.138. The van der Waals surface area contributed by atoms with Crippen molar-refractivity contribution < 1.29 is 17.9 Å². The highest BCUT2D eigenvalue weighted by Crippen LogP contribution is 2.36. The molecule has 0 aliphatic heterocycles. The molecule has 0 aromatic carbocycles. The molecule has 0 unspecified atom stereocenters. The summed E-state index contributed by atoms with van der Waals surface area (Å²) in [5.74, 6) is 0. The van der Waals surface area contributed by atoms with Gasteiger partial charge >= 0.3 is 6.18 Å². The van der Waals surface area contributed by atoms with Crippen LogP contribution in [0.5, 0.6) is 0 Å². The monoisotopic (exact) mass is 225 g/mol. The molecule has 0 amide bonds. The quantitative estimate of drug-likeness (QED) is 0.722. The molecule has 14 heavy (non-hydrogen) atoms. The van der Waals surface area contributed by atoms with Gasteiger partial charge in [-0.05, 0) is 11.6 Å². The predicted octanol–water partition coefficient (Wildman–Crippen LogP) is 2.90. The van der Waals surface area contributed by atoms with Crippen molar-refractivity contribution in [2.45, 2.75) is 12.8 Å². The molecule has 0 atom stereocenters. The molecule has 0 spiro atoms. The fourth-order valence-corrected chi connectivity index (χ4v) is 1.33. The Balaban J connectivity index is 3.22. The van der Waals surface area contributed by atoms with Crippen LogP contribution in [0, 0.1) is 0 Å². The van der Waals surface area contributed by atoms with Gasteiger partial charge in [0.2, 0.25) is 0 Å². The summed E-state index contributed by atoms with van der Waals surface area (Å²) in [5, 5.41) is -0.549. The molecule has 78 valence electrons. The molecule has 2 nitrogen and oxygen atoms in total. The molecule has 1 heterocycles. The van der Waals surface area contributed by atoms with Crippen LogP contribution < -0.4 is 0 Å². The van der Waals surface area contributed by atoms with Crippen molar-refractivity contribution in [2.24, 2.45) is 0 Å². The molecule has 0 saturated carbocycles. The number of hydrogen-bond donors (Lipinski definition) is 0. The highest BCUT2D eigenvalue weighted by molar-refractivity contribution is 6.30. The number of methoxy groups -OCH3 is 1. The third-order valence-corrected chi connectivity index (χ3v) is 1.86. The molecule has 0 saturated heterocycles. The van der Waals surface area contributed by atoms with Crippen molar-refractivity contribution >= 4 is 11.6 Å². The molecule has 0 fully saturated rings. The zero-order valence-electron chi connectivity index (χ0n) is 7.23. The molecule has 1 rings (SSSR count). The Morgan fingerprint density at radius 3 is 2.64 bits per heavy atom. The van der Waals surface area contributed by atoms with E-state index in [0.717, 1.165) is 0 Å². The molecule has 0 N–H and O–H groups in total. The van der Waals surface area contributed by atoms with E-state index >= 15 is 0 Å². The van der Waals surface area contributed by atoms with Gasteiger partial charge in [0.25, 0.3) is 0 Å². The van der Waals surface area contributed by atoms with Gasteiger partial charge < -0.3 is 4.74 Å². The van der Waals surface area contributed by atoms with Crippen molar-refractivity contribution in [3.8, 4) is 0 Å².